The van der Waals surface area contributed by atoms with Gasteiger partial charge in [0, 0.05) is 126 Å². The third-order valence-electron chi connectivity index (χ3n) is 14.7. The first-order valence-corrected chi connectivity index (χ1v) is 38.3. The summed E-state index contributed by atoms with van der Waals surface area (Å²) in [7, 11) is 0. The zero-order chi connectivity index (χ0) is 75.9. The van der Waals surface area contributed by atoms with E-state index in [4.69, 9.17) is 42.8 Å². The van der Waals surface area contributed by atoms with Crippen LogP contribution in [-0.2, 0) is 18.8 Å². The van der Waals surface area contributed by atoms with Gasteiger partial charge in [-0.1, -0.05) is 19.0 Å². The van der Waals surface area contributed by atoms with Crippen LogP contribution in [0.15, 0.2) is 155 Å². The molecule has 14 heterocycles. The molecule has 3 saturated heterocycles. The lowest BCUT2D eigenvalue weighted by molar-refractivity contribution is -0.114. The van der Waals surface area contributed by atoms with Gasteiger partial charge >= 0.3 is 23.0 Å². The van der Waals surface area contributed by atoms with Gasteiger partial charge in [0.1, 0.15) is 33.8 Å². The van der Waals surface area contributed by atoms with Crippen LogP contribution in [0.1, 0.15) is 121 Å². The molecule has 26 nitrogen and oxygen atoms in total. The van der Waals surface area contributed by atoms with E-state index >= 15 is 0 Å². The quantitative estimate of drug-likeness (QED) is 0.0512. The lowest BCUT2D eigenvalue weighted by Gasteiger charge is -2.22. The lowest BCUT2D eigenvalue weighted by Crippen LogP contribution is -2.40. The van der Waals surface area contributed by atoms with Crippen LogP contribution in [0.4, 0.5) is 21.2 Å². The van der Waals surface area contributed by atoms with E-state index in [1.165, 1.54) is 19.4 Å². The number of nitrogens with one attached hydrogen (secondary N) is 5. The molecule has 0 saturated carbocycles. The molecule has 14 rings (SSSR count). The standard InChI is InChI=1S/C17H24N4O2.C12H16N4.C9H18N2O2.C8H7ClN2.C8H8N2O.C8H7NO2.C6H7NO.C3H5ClO.CH4.Cl3OP/c1-12-10-20-8-5-6-14(20)15(18-12)21-9-7-13(11-21)19-16(22)23-17(2,3)4;1-9-7-15-5-2-3-11(15)12(14-9)16-6-4-10(13)8-16;1-9(2,3)13-8(12)11-7-4-5-10-6-7;1-6-5-11-4-2-3-7(11)8(9)10-6;1-6-5-10-4-2-3-7(10)8(11)9-6;1-6-5-9-4-2-3-7(9)8(10)11-6;1-5(8)6-3-2-4-7-6;1-3(5)2-4;;1-5(2,3)4/h5-6,8,10,13H,7,9,11H2,1-4H3,(H,19,22);2-3,5,7,10H,4,6,8,13H2,1H3;7,10H,4-6H2,1-3H3,(H,11,12);2-5H,1H3;2-5H,1H3,(H,9,11);2-5H,1H3;2-4,7H,1H3;2H2,1H3;1H4;/t13-;10-;7-;;;;;;;/m000......./s1. The molecular formula is C72H96Cl5N16O10P. The Hall–Kier alpha value is -8.59. The number of nitrogens with two attached hydrogens (primary N) is 1. The van der Waals surface area contributed by atoms with Gasteiger partial charge < -0.3 is 77.3 Å². The molecular weight excluding hydrogens is 1460 g/mol. The minimum absolute atomic E-state index is 0. The molecule has 564 valence electrons. The molecule has 0 spiro atoms. The maximum Gasteiger partial charge on any atom is 0.407 e. The Balaban J connectivity index is 0.000000217. The number of aromatic amines is 2. The summed E-state index contributed by atoms with van der Waals surface area (Å²) in [6.07, 6.45) is 23.4. The summed E-state index contributed by atoms with van der Waals surface area (Å²) in [4.78, 5) is 89.0. The van der Waals surface area contributed by atoms with E-state index < -0.39 is 16.4 Å². The van der Waals surface area contributed by atoms with Crippen LogP contribution in [0.3, 0.4) is 0 Å². The molecule has 0 aromatic carbocycles. The molecule has 3 atom stereocenters. The average molecular weight is 1550 g/mol. The van der Waals surface area contributed by atoms with Gasteiger partial charge in [0.05, 0.1) is 51.2 Å². The lowest BCUT2D eigenvalue weighted by atomic mass is 10.2. The summed E-state index contributed by atoms with van der Waals surface area (Å²) in [6, 6.07) is 23.5. The van der Waals surface area contributed by atoms with Crippen molar-refractivity contribution >= 4 is 125 Å². The number of aryl methyl sites for hydroxylation is 5. The number of Topliss-reactive ketones (excluding diaryl/α,β-unsaturated/α-hetero) is 2. The van der Waals surface area contributed by atoms with E-state index in [0.717, 1.165) is 104 Å². The molecule has 3 aliphatic heterocycles. The van der Waals surface area contributed by atoms with Gasteiger partial charge in [0.15, 0.2) is 22.6 Å². The summed E-state index contributed by atoms with van der Waals surface area (Å²) in [5, 5.41) is 6.28. The highest BCUT2D eigenvalue weighted by Gasteiger charge is 2.29. The second-order valence-corrected chi connectivity index (χ2v) is 33.5. The van der Waals surface area contributed by atoms with Gasteiger partial charge in [-0.15, -0.1) is 11.6 Å². The number of fused-ring (bicyclic) bond motifs is 5. The molecule has 0 bridgehead atoms. The highest BCUT2D eigenvalue weighted by molar-refractivity contribution is 8.24. The van der Waals surface area contributed by atoms with Crippen molar-refractivity contribution in [2.45, 2.75) is 146 Å². The van der Waals surface area contributed by atoms with E-state index in [-0.39, 0.29) is 66.4 Å². The molecule has 0 aliphatic carbocycles. The Labute approximate surface area is 629 Å². The second-order valence-electron chi connectivity index (χ2n) is 26.3. The van der Waals surface area contributed by atoms with Crippen molar-refractivity contribution in [3.8, 4) is 0 Å². The fourth-order valence-corrected chi connectivity index (χ4v) is 10.8. The zero-order valence-electron chi connectivity index (χ0n) is 60.1. The predicted octanol–water partition coefficient (Wildman–Crippen LogP) is 14.7. The van der Waals surface area contributed by atoms with E-state index in [1.807, 2.05) is 152 Å². The first-order valence-electron chi connectivity index (χ1n) is 33.0. The average Bonchev–Trinajstić information content (AvgIpc) is 1.62. The van der Waals surface area contributed by atoms with E-state index in [0.29, 0.717) is 27.6 Å². The van der Waals surface area contributed by atoms with Crippen LogP contribution >= 0.6 is 62.1 Å². The third-order valence-corrected chi connectivity index (χ3v) is 15.4. The number of aromatic nitrogens is 10. The SMILES string of the molecule is C.CC(=O)CCl.CC(=O)c1ccc[nH]1.CC(C)(C)OC(=O)N[C@H]1CCNC1.Cc1cn2cccc2c(=O)[nH]1.Cc1cn2cccc2c(=O)o1.Cc1cn2cccc2c(Cl)n1.Cc1cn2cccc2c(N2CC[C@H](N)C2)n1.Cc1cn2cccc2c(N2CC[C@H](NC(=O)OC(C)(C)C)C2)n1.O=P(Cl)(Cl)Cl. The van der Waals surface area contributed by atoms with Crippen LogP contribution in [0, 0.1) is 34.6 Å². The van der Waals surface area contributed by atoms with Gasteiger partial charge in [-0.3, -0.25) is 18.9 Å². The van der Waals surface area contributed by atoms with Crippen LogP contribution in [0.25, 0.3) is 27.6 Å². The number of amides is 2. The minimum atomic E-state index is -3.22. The maximum atomic E-state index is 11.9. The van der Waals surface area contributed by atoms with Gasteiger partial charge in [0.25, 0.3) is 5.56 Å². The summed E-state index contributed by atoms with van der Waals surface area (Å²) in [5.74, 6) is 2.90. The van der Waals surface area contributed by atoms with Crippen LogP contribution < -0.4 is 42.7 Å². The van der Waals surface area contributed by atoms with Crippen molar-refractivity contribution in [2.24, 2.45) is 5.73 Å². The number of hydrogen-bond acceptors (Lipinski definition) is 17. The van der Waals surface area contributed by atoms with Crippen LogP contribution in [0.5, 0.6) is 0 Å². The number of carbonyl (C=O) groups is 4. The Kier molecular flexibility index (Phi) is 33.1. The molecule has 3 fully saturated rings. The predicted molar refractivity (Wildman–Crippen MR) is 418 cm³/mol. The number of hydrogen-bond donors (Lipinski definition) is 6. The van der Waals surface area contributed by atoms with Crippen molar-refractivity contribution in [3.05, 3.63) is 201 Å². The highest BCUT2D eigenvalue weighted by Crippen LogP contribution is 2.61. The number of H-pyrrole nitrogens is 2. The van der Waals surface area contributed by atoms with Crippen molar-refractivity contribution in [1.82, 2.24) is 62.9 Å². The number of ketones is 2. The van der Waals surface area contributed by atoms with Gasteiger partial charge in [0.2, 0.25) is 0 Å². The first-order chi connectivity index (χ1) is 48.4. The monoisotopic (exact) mass is 1550 g/mol. The Morgan fingerprint density at radius 3 is 1.51 bits per heavy atom. The Bertz CT molecular complexity index is 4640. The highest BCUT2D eigenvalue weighted by atomic mass is 36.0. The van der Waals surface area contributed by atoms with Gasteiger partial charge in [-0.25, -0.2) is 29.3 Å². The van der Waals surface area contributed by atoms with E-state index in [9.17, 15) is 33.3 Å². The maximum absolute atomic E-state index is 11.9. The number of nitrogens with zero attached hydrogens (tertiary/aromatic N) is 10. The summed E-state index contributed by atoms with van der Waals surface area (Å²) < 4.78 is 34.6. The number of alkyl halides is 1. The van der Waals surface area contributed by atoms with Gasteiger partial charge in [-0.2, -0.15) is 0 Å². The Morgan fingerprint density at radius 1 is 0.625 bits per heavy atom. The molecule has 32 heteroatoms. The fourth-order valence-electron chi connectivity index (χ4n) is 10.5. The molecule has 11 aromatic heterocycles. The first kappa shape index (κ1) is 86.1. The van der Waals surface area contributed by atoms with Gasteiger partial charge in [-0.05, 0) is 215 Å². The molecule has 2 amide bonds. The zero-order valence-corrected chi connectivity index (χ0v) is 64.7. The number of ether oxygens (including phenoxy) is 2. The van der Waals surface area contributed by atoms with E-state index in [2.05, 4.69) is 124 Å². The van der Waals surface area contributed by atoms with Crippen LogP contribution in [-0.4, -0.2) is 145 Å². The Morgan fingerprint density at radius 2 is 1.07 bits per heavy atom. The molecule has 104 heavy (non-hydrogen) atoms. The summed E-state index contributed by atoms with van der Waals surface area (Å²) >= 11 is 24.7. The number of anilines is 2. The van der Waals surface area contributed by atoms with Crippen molar-refractivity contribution in [3.63, 3.8) is 0 Å². The molecule has 0 unspecified atom stereocenters. The molecule has 11 aromatic rings. The minimum Gasteiger partial charge on any atom is -0.444 e. The number of carbonyl (C=O) groups excluding carboxylic acids is 4. The second kappa shape index (κ2) is 40.1. The normalized spacial score (nSPS) is 15.2. The third kappa shape index (κ3) is 29.2. The number of halogens is 5. The molecule has 0 radical (unpaired) electrons. The van der Waals surface area contributed by atoms with Crippen molar-refractivity contribution in [1.29, 1.82) is 0 Å². The fraction of sp³-hybridized carbons (Fsp3) is 0.403. The summed E-state index contributed by atoms with van der Waals surface area (Å²) in [5.41, 5.74) is 13.7. The van der Waals surface area contributed by atoms with E-state index in [1.54, 1.807) is 48.0 Å². The largest absolute Gasteiger partial charge is 0.444 e. The number of alkyl carbamates (subject to hydrolysis) is 2. The molecule has 3 aliphatic rings. The summed E-state index contributed by atoms with van der Waals surface area (Å²) in [6.45, 7) is 29.1. The number of rotatable bonds is 6. The molecule has 7 N–H and O–H groups in total. The smallest absolute Gasteiger partial charge is 0.407 e. The van der Waals surface area contributed by atoms with Crippen LogP contribution in [0.2, 0.25) is 5.15 Å². The van der Waals surface area contributed by atoms with Crippen molar-refractivity contribution in [2.75, 3.05) is 54.9 Å². The van der Waals surface area contributed by atoms with Crippen molar-refractivity contribution < 1.29 is 37.6 Å². The topological polar surface area (TPSA) is 312 Å².